The monoisotopic (exact) mass is 449 g/mol. The third kappa shape index (κ3) is 3.41. The molecule has 8 nitrogen and oxygen atoms in total. The highest BCUT2D eigenvalue weighted by atomic mass is 16.7. The standard InChI is InChI=1S/C26H19N5O3/c1-16-25(26(32)27-18-10-6-3-7-11-18)29-30-31(16)22-13-20(17-8-4-2-5-9-17)28-21-14-24-23(12-19(21)22)33-15-34-24/h2-14H,15H2,1H3,(H,27,32). The third-order valence-electron chi connectivity index (χ3n) is 5.72. The number of aromatic nitrogens is 4. The SMILES string of the molecule is Cc1c(C(=O)Nc2ccccc2)nnn1-c1cc(-c2ccccc2)nc2cc3c(cc12)OCO3. The highest BCUT2D eigenvalue weighted by molar-refractivity contribution is 6.03. The van der Waals surface area contributed by atoms with Crippen molar-refractivity contribution in [2.24, 2.45) is 0 Å². The molecule has 0 saturated carbocycles. The van der Waals surface area contributed by atoms with Gasteiger partial charge in [-0.05, 0) is 31.2 Å². The molecule has 1 aliphatic rings. The lowest BCUT2D eigenvalue weighted by molar-refractivity contribution is 0.102. The lowest BCUT2D eigenvalue weighted by Gasteiger charge is -2.12. The summed E-state index contributed by atoms with van der Waals surface area (Å²) in [6.45, 7) is 1.99. The van der Waals surface area contributed by atoms with Crippen molar-refractivity contribution < 1.29 is 14.3 Å². The number of anilines is 1. The predicted octanol–water partition coefficient (Wildman–Crippen LogP) is 4.77. The van der Waals surface area contributed by atoms with Crippen LogP contribution in [0.4, 0.5) is 5.69 Å². The molecule has 0 unspecified atom stereocenters. The van der Waals surface area contributed by atoms with Crippen LogP contribution < -0.4 is 14.8 Å². The van der Waals surface area contributed by atoms with Crippen molar-refractivity contribution in [3.8, 4) is 28.4 Å². The number of nitrogens with one attached hydrogen (secondary N) is 1. The first-order chi connectivity index (χ1) is 16.7. The van der Waals surface area contributed by atoms with Crippen molar-refractivity contribution >= 4 is 22.5 Å². The molecule has 1 aliphatic heterocycles. The molecule has 3 aromatic carbocycles. The van der Waals surface area contributed by atoms with Crippen molar-refractivity contribution in [1.82, 2.24) is 20.0 Å². The van der Waals surface area contributed by atoms with Gasteiger partial charge in [-0.25, -0.2) is 9.67 Å². The van der Waals surface area contributed by atoms with E-state index in [1.807, 2.05) is 85.8 Å². The van der Waals surface area contributed by atoms with Crippen molar-refractivity contribution in [2.75, 3.05) is 12.1 Å². The number of carbonyl (C=O) groups is 1. The Morgan fingerprint density at radius 2 is 1.65 bits per heavy atom. The second kappa shape index (κ2) is 8.00. The molecule has 0 radical (unpaired) electrons. The Kier molecular flexibility index (Phi) is 4.69. The van der Waals surface area contributed by atoms with Gasteiger partial charge < -0.3 is 14.8 Å². The van der Waals surface area contributed by atoms with E-state index in [9.17, 15) is 4.79 Å². The number of nitrogens with zero attached hydrogens (tertiary/aromatic N) is 4. The molecule has 0 atom stereocenters. The van der Waals surface area contributed by atoms with Gasteiger partial charge in [0, 0.05) is 22.7 Å². The molecule has 3 heterocycles. The first-order valence-electron chi connectivity index (χ1n) is 10.8. The lowest BCUT2D eigenvalue weighted by atomic mass is 10.1. The van der Waals surface area contributed by atoms with Gasteiger partial charge in [0.05, 0.1) is 22.6 Å². The maximum absolute atomic E-state index is 12.9. The van der Waals surface area contributed by atoms with Gasteiger partial charge in [-0.15, -0.1) is 5.10 Å². The molecule has 0 bridgehead atoms. The largest absolute Gasteiger partial charge is 0.454 e. The minimum Gasteiger partial charge on any atom is -0.454 e. The zero-order valence-corrected chi connectivity index (χ0v) is 18.2. The van der Waals surface area contributed by atoms with E-state index >= 15 is 0 Å². The molecule has 1 N–H and O–H groups in total. The molecule has 2 aromatic heterocycles. The van der Waals surface area contributed by atoms with Gasteiger partial charge in [-0.1, -0.05) is 53.7 Å². The molecule has 0 fully saturated rings. The van der Waals surface area contributed by atoms with Crippen molar-refractivity contribution in [3.05, 3.63) is 90.3 Å². The molecule has 6 rings (SSSR count). The number of carbonyl (C=O) groups excluding carboxylic acids is 1. The fourth-order valence-electron chi connectivity index (χ4n) is 4.01. The second-order valence-electron chi connectivity index (χ2n) is 7.87. The molecule has 1 amide bonds. The van der Waals surface area contributed by atoms with E-state index in [0.717, 1.165) is 27.8 Å². The van der Waals surface area contributed by atoms with Gasteiger partial charge in [-0.2, -0.15) is 0 Å². The maximum atomic E-state index is 12.9. The summed E-state index contributed by atoms with van der Waals surface area (Å²) in [5.74, 6) is 0.964. The predicted molar refractivity (Wildman–Crippen MR) is 127 cm³/mol. The number of para-hydroxylation sites is 1. The number of fused-ring (bicyclic) bond motifs is 2. The Balaban J connectivity index is 1.49. The van der Waals surface area contributed by atoms with Crippen molar-refractivity contribution in [3.63, 3.8) is 0 Å². The molecular formula is C26H19N5O3. The molecule has 34 heavy (non-hydrogen) atoms. The Morgan fingerprint density at radius 1 is 0.941 bits per heavy atom. The van der Waals surface area contributed by atoms with Crippen LogP contribution in [-0.4, -0.2) is 32.7 Å². The van der Waals surface area contributed by atoms with Gasteiger partial charge in [0.25, 0.3) is 5.91 Å². The number of amides is 1. The molecule has 166 valence electrons. The fraction of sp³-hybridized carbons (Fsp3) is 0.0769. The van der Waals surface area contributed by atoms with Crippen molar-refractivity contribution in [2.45, 2.75) is 6.92 Å². The fourth-order valence-corrected chi connectivity index (χ4v) is 4.01. The highest BCUT2D eigenvalue weighted by Crippen LogP contribution is 2.38. The quantitative estimate of drug-likeness (QED) is 0.425. The van der Waals surface area contributed by atoms with E-state index in [4.69, 9.17) is 14.5 Å². The van der Waals surface area contributed by atoms with E-state index in [-0.39, 0.29) is 18.4 Å². The van der Waals surface area contributed by atoms with Gasteiger partial charge in [0.1, 0.15) is 0 Å². The Bertz CT molecular complexity index is 1530. The van der Waals surface area contributed by atoms with Gasteiger partial charge >= 0.3 is 0 Å². The molecule has 0 aliphatic carbocycles. The van der Waals surface area contributed by atoms with E-state index in [1.54, 1.807) is 4.68 Å². The lowest BCUT2D eigenvalue weighted by Crippen LogP contribution is -2.14. The summed E-state index contributed by atoms with van der Waals surface area (Å²) >= 11 is 0. The van der Waals surface area contributed by atoms with Gasteiger partial charge in [-0.3, -0.25) is 4.79 Å². The average Bonchev–Trinajstić information content (AvgIpc) is 3.49. The molecule has 8 heteroatoms. The van der Waals surface area contributed by atoms with Crippen LogP contribution in [0.3, 0.4) is 0 Å². The number of pyridine rings is 1. The third-order valence-corrected chi connectivity index (χ3v) is 5.72. The number of hydrogen-bond donors (Lipinski definition) is 1. The summed E-state index contributed by atoms with van der Waals surface area (Å²) in [6, 6.07) is 24.8. The summed E-state index contributed by atoms with van der Waals surface area (Å²) < 4.78 is 12.8. The van der Waals surface area contributed by atoms with E-state index < -0.39 is 0 Å². The van der Waals surface area contributed by atoms with Crippen LogP contribution >= 0.6 is 0 Å². The minimum absolute atomic E-state index is 0.165. The second-order valence-corrected chi connectivity index (χ2v) is 7.87. The summed E-state index contributed by atoms with van der Waals surface area (Å²) in [5.41, 5.74) is 4.75. The summed E-state index contributed by atoms with van der Waals surface area (Å²) in [5, 5.41) is 12.2. The first-order valence-corrected chi connectivity index (χ1v) is 10.8. The number of rotatable bonds is 4. The van der Waals surface area contributed by atoms with E-state index in [0.29, 0.717) is 22.9 Å². The Hall–Kier alpha value is -4.72. The van der Waals surface area contributed by atoms with E-state index in [2.05, 4.69) is 15.6 Å². The average molecular weight is 449 g/mol. The topological polar surface area (TPSA) is 91.2 Å². The normalized spacial score (nSPS) is 12.1. The molecule has 0 spiro atoms. The summed E-state index contributed by atoms with van der Waals surface area (Å²) in [7, 11) is 0. The van der Waals surface area contributed by atoms with Crippen LogP contribution in [0.2, 0.25) is 0 Å². The minimum atomic E-state index is -0.325. The Morgan fingerprint density at radius 3 is 2.41 bits per heavy atom. The summed E-state index contributed by atoms with van der Waals surface area (Å²) in [4.78, 5) is 17.8. The van der Waals surface area contributed by atoms with Crippen LogP contribution in [-0.2, 0) is 0 Å². The number of ether oxygens (including phenoxy) is 2. The Labute approximate surface area is 194 Å². The van der Waals surface area contributed by atoms with Crippen molar-refractivity contribution in [1.29, 1.82) is 0 Å². The summed E-state index contributed by atoms with van der Waals surface area (Å²) in [6.07, 6.45) is 0. The zero-order chi connectivity index (χ0) is 23.1. The van der Waals surface area contributed by atoms with Gasteiger partial charge in [0.2, 0.25) is 6.79 Å². The van der Waals surface area contributed by atoms with Crippen LogP contribution in [0.5, 0.6) is 11.5 Å². The smallest absolute Gasteiger partial charge is 0.278 e. The van der Waals surface area contributed by atoms with Gasteiger partial charge in [0.15, 0.2) is 17.2 Å². The van der Waals surface area contributed by atoms with Crippen LogP contribution in [0.25, 0.3) is 27.8 Å². The molecule has 0 saturated heterocycles. The maximum Gasteiger partial charge on any atom is 0.278 e. The van der Waals surface area contributed by atoms with Crippen LogP contribution in [0, 0.1) is 6.92 Å². The number of hydrogen-bond acceptors (Lipinski definition) is 6. The first kappa shape index (κ1) is 19.9. The zero-order valence-electron chi connectivity index (χ0n) is 18.2. The molecular weight excluding hydrogens is 430 g/mol. The number of benzene rings is 3. The van der Waals surface area contributed by atoms with Crippen LogP contribution in [0.15, 0.2) is 78.9 Å². The van der Waals surface area contributed by atoms with Crippen LogP contribution in [0.1, 0.15) is 16.2 Å². The highest BCUT2D eigenvalue weighted by Gasteiger charge is 2.22. The van der Waals surface area contributed by atoms with E-state index in [1.165, 1.54) is 0 Å². The molecule has 5 aromatic rings.